The molecule has 45 heavy (non-hydrogen) atoms. The Bertz CT molecular complexity index is 2500. The Kier molecular flexibility index (Phi) is 5.71. The lowest BCUT2D eigenvalue weighted by Gasteiger charge is -2.24. The monoisotopic (exact) mass is 580 g/mol. The summed E-state index contributed by atoms with van der Waals surface area (Å²) in [4.78, 5) is 17.3. The van der Waals surface area contributed by atoms with Gasteiger partial charge in [0.25, 0.3) is 0 Å². The number of nitrogens with zero attached hydrogens (tertiary/aromatic N) is 4. The van der Waals surface area contributed by atoms with Gasteiger partial charge in [0.05, 0.1) is 11.3 Å². The summed E-state index contributed by atoms with van der Waals surface area (Å²) in [7, 11) is 0. The molecule has 0 radical (unpaired) electrons. The van der Waals surface area contributed by atoms with Gasteiger partial charge >= 0.3 is 0 Å². The van der Waals surface area contributed by atoms with Gasteiger partial charge in [-0.2, -0.15) is 9.97 Å². The summed E-state index contributed by atoms with van der Waals surface area (Å²) in [5, 5.41) is 4.21. The molecule has 6 aromatic carbocycles. The highest BCUT2D eigenvalue weighted by Crippen LogP contribution is 2.39. The molecule has 0 aliphatic rings. The lowest BCUT2D eigenvalue weighted by Crippen LogP contribution is -2.15. The maximum Gasteiger partial charge on any atom is 0.238 e. The van der Waals surface area contributed by atoms with E-state index in [4.69, 9.17) is 23.8 Å². The summed E-state index contributed by atoms with van der Waals surface area (Å²) in [5.41, 5.74) is 6.66. The number of anilines is 3. The Hall–Kier alpha value is -6.27. The molecule has 0 unspecified atom stereocenters. The third kappa shape index (κ3) is 4.23. The first-order chi connectivity index (χ1) is 22.3. The molecule has 0 saturated carbocycles. The zero-order chi connectivity index (χ0) is 29.7. The Labute approximate surface area is 257 Å². The predicted octanol–water partition coefficient (Wildman–Crippen LogP) is 10.5. The molecule has 0 bridgehead atoms. The molecule has 0 atom stereocenters. The molecule has 6 heteroatoms. The van der Waals surface area contributed by atoms with Crippen molar-refractivity contribution in [3.63, 3.8) is 0 Å². The van der Waals surface area contributed by atoms with Gasteiger partial charge in [0.2, 0.25) is 5.95 Å². The summed E-state index contributed by atoms with van der Waals surface area (Å²) >= 11 is 0. The second-order valence-corrected chi connectivity index (χ2v) is 10.9. The Morgan fingerprint density at radius 2 is 1.04 bits per heavy atom. The topological polar surface area (TPSA) is 68.2 Å². The van der Waals surface area contributed by atoms with Crippen LogP contribution in [-0.4, -0.2) is 15.0 Å². The molecular weight excluding hydrogens is 556 g/mol. The lowest BCUT2D eigenvalue weighted by atomic mass is 10.1. The van der Waals surface area contributed by atoms with Gasteiger partial charge < -0.3 is 8.83 Å². The fraction of sp³-hybridized carbons (Fsp3) is 0. The molecule has 0 aliphatic carbocycles. The van der Waals surface area contributed by atoms with Crippen LogP contribution < -0.4 is 4.90 Å². The van der Waals surface area contributed by atoms with Gasteiger partial charge in [-0.3, -0.25) is 4.90 Å². The fourth-order valence-corrected chi connectivity index (χ4v) is 6.04. The van der Waals surface area contributed by atoms with E-state index < -0.39 is 0 Å². The van der Waals surface area contributed by atoms with Gasteiger partial charge in [-0.05, 0) is 42.5 Å². The second-order valence-electron chi connectivity index (χ2n) is 10.9. The summed E-state index contributed by atoms with van der Waals surface area (Å²) < 4.78 is 12.7. The quantitative estimate of drug-likeness (QED) is 0.202. The van der Waals surface area contributed by atoms with Crippen LogP contribution in [0.5, 0.6) is 0 Å². The predicted molar refractivity (Wildman–Crippen MR) is 180 cm³/mol. The van der Waals surface area contributed by atoms with Gasteiger partial charge in [0.1, 0.15) is 22.3 Å². The van der Waals surface area contributed by atoms with E-state index in [2.05, 4.69) is 42.5 Å². The normalized spacial score (nSPS) is 11.6. The molecule has 6 nitrogen and oxygen atoms in total. The minimum atomic E-state index is 0.480. The van der Waals surface area contributed by atoms with Crippen LogP contribution >= 0.6 is 0 Å². The van der Waals surface area contributed by atoms with Crippen LogP contribution in [0.3, 0.4) is 0 Å². The van der Waals surface area contributed by atoms with Crippen molar-refractivity contribution in [2.75, 3.05) is 4.90 Å². The van der Waals surface area contributed by atoms with Crippen molar-refractivity contribution < 1.29 is 8.83 Å². The first-order valence-corrected chi connectivity index (χ1v) is 14.8. The average Bonchev–Trinajstić information content (AvgIpc) is 3.67. The number of benzene rings is 6. The van der Waals surface area contributed by atoms with Gasteiger partial charge in [0.15, 0.2) is 11.6 Å². The molecule has 0 saturated heterocycles. The van der Waals surface area contributed by atoms with E-state index in [0.717, 1.165) is 66.4 Å². The highest BCUT2D eigenvalue weighted by Gasteiger charge is 2.22. The van der Waals surface area contributed by atoms with Crippen LogP contribution in [0.25, 0.3) is 66.7 Å². The number of hydrogen-bond donors (Lipinski definition) is 0. The van der Waals surface area contributed by atoms with Crippen molar-refractivity contribution in [2.24, 2.45) is 0 Å². The molecule has 0 amide bonds. The average molecular weight is 581 g/mol. The Morgan fingerprint density at radius 1 is 0.422 bits per heavy atom. The van der Waals surface area contributed by atoms with E-state index in [-0.39, 0.29) is 0 Å². The van der Waals surface area contributed by atoms with E-state index in [0.29, 0.717) is 17.6 Å². The van der Waals surface area contributed by atoms with Crippen molar-refractivity contribution in [1.82, 2.24) is 15.0 Å². The Morgan fingerprint density at radius 3 is 1.84 bits per heavy atom. The lowest BCUT2D eigenvalue weighted by molar-refractivity contribution is 0.669. The smallest absolute Gasteiger partial charge is 0.238 e. The SMILES string of the molecule is c1ccc(-c2nc(-c3cccc4c3oc3ccccc34)nc(N(c3ccccc3)c3ccc4c(c3)oc3ccccc34)n2)cc1. The molecule has 0 fully saturated rings. The van der Waals surface area contributed by atoms with Gasteiger partial charge in [-0.25, -0.2) is 4.98 Å². The number of hydrogen-bond acceptors (Lipinski definition) is 6. The van der Waals surface area contributed by atoms with E-state index in [1.165, 1.54) is 0 Å². The maximum absolute atomic E-state index is 6.40. The van der Waals surface area contributed by atoms with Crippen molar-refractivity contribution >= 4 is 61.2 Å². The first kappa shape index (κ1) is 25.2. The van der Waals surface area contributed by atoms with E-state index in [1.807, 2.05) is 108 Å². The van der Waals surface area contributed by atoms with Crippen LogP contribution in [0.15, 0.2) is 154 Å². The van der Waals surface area contributed by atoms with Crippen molar-refractivity contribution in [1.29, 1.82) is 0 Å². The van der Waals surface area contributed by atoms with Crippen molar-refractivity contribution in [3.8, 4) is 22.8 Å². The van der Waals surface area contributed by atoms with Crippen LogP contribution in [0.1, 0.15) is 0 Å². The number of furan rings is 2. The second kappa shape index (κ2) is 10.2. The van der Waals surface area contributed by atoms with Crippen LogP contribution in [-0.2, 0) is 0 Å². The summed E-state index contributed by atoms with van der Waals surface area (Å²) in [6.07, 6.45) is 0. The molecule has 0 aliphatic heterocycles. The third-order valence-electron chi connectivity index (χ3n) is 8.14. The summed E-state index contributed by atoms with van der Waals surface area (Å²) in [6, 6.07) is 48.6. The minimum absolute atomic E-state index is 0.480. The highest BCUT2D eigenvalue weighted by molar-refractivity contribution is 6.09. The molecule has 9 aromatic rings. The molecule has 212 valence electrons. The molecular formula is C39H24N4O2. The largest absolute Gasteiger partial charge is 0.456 e. The number of para-hydroxylation sites is 4. The summed E-state index contributed by atoms with van der Waals surface area (Å²) in [5.74, 6) is 1.57. The van der Waals surface area contributed by atoms with Gasteiger partial charge in [-0.15, -0.1) is 0 Å². The van der Waals surface area contributed by atoms with Crippen molar-refractivity contribution in [2.45, 2.75) is 0 Å². The summed E-state index contributed by atoms with van der Waals surface area (Å²) in [6.45, 7) is 0. The number of rotatable bonds is 5. The van der Waals surface area contributed by atoms with E-state index >= 15 is 0 Å². The number of fused-ring (bicyclic) bond motifs is 6. The van der Waals surface area contributed by atoms with Gasteiger partial charge in [-0.1, -0.05) is 97.1 Å². The molecule has 9 rings (SSSR count). The van der Waals surface area contributed by atoms with Crippen LogP contribution in [0.2, 0.25) is 0 Å². The Balaban J connectivity index is 1.30. The highest BCUT2D eigenvalue weighted by atomic mass is 16.3. The van der Waals surface area contributed by atoms with E-state index in [9.17, 15) is 0 Å². The van der Waals surface area contributed by atoms with Gasteiger partial charge in [0, 0.05) is 38.9 Å². The molecule has 0 N–H and O–H groups in total. The molecule has 3 heterocycles. The maximum atomic E-state index is 6.40. The van der Waals surface area contributed by atoms with Crippen LogP contribution in [0.4, 0.5) is 17.3 Å². The van der Waals surface area contributed by atoms with Crippen molar-refractivity contribution in [3.05, 3.63) is 146 Å². The van der Waals surface area contributed by atoms with Crippen LogP contribution in [0, 0.1) is 0 Å². The van der Waals surface area contributed by atoms with E-state index in [1.54, 1.807) is 0 Å². The number of aromatic nitrogens is 3. The fourth-order valence-electron chi connectivity index (χ4n) is 6.04. The zero-order valence-corrected chi connectivity index (χ0v) is 24.0. The molecule has 0 spiro atoms. The standard InChI is InChI=1S/C39H24N4O2/c1-3-12-25(13-4-1)37-40-38(32-19-11-18-31-29-17-8-10-21-34(29)45-36(31)32)42-39(41-37)43(26-14-5-2-6-15-26)27-22-23-30-28-16-7-9-20-33(28)44-35(30)24-27/h1-24H. The zero-order valence-electron chi connectivity index (χ0n) is 24.0. The first-order valence-electron chi connectivity index (χ1n) is 14.8. The molecule has 3 aromatic heterocycles. The minimum Gasteiger partial charge on any atom is -0.456 e. The third-order valence-corrected chi connectivity index (χ3v) is 8.14.